The van der Waals surface area contributed by atoms with Crippen LogP contribution in [0.25, 0.3) is 0 Å². The number of unbranched alkanes of at least 4 members (excludes halogenated alkanes) is 2. The molecular formula is C16H25N3. The molecule has 1 aliphatic carbocycles. The molecule has 3 heteroatoms. The zero-order valence-electron chi connectivity index (χ0n) is 12.0. The highest BCUT2D eigenvalue weighted by Gasteiger charge is 2.21. The fourth-order valence-corrected chi connectivity index (χ4v) is 2.91. The Morgan fingerprint density at radius 2 is 2.32 bits per heavy atom. The molecule has 2 rings (SSSR count). The summed E-state index contributed by atoms with van der Waals surface area (Å²) in [5.74, 6) is 0. The molecule has 1 aromatic rings. The molecule has 1 aromatic heterocycles. The minimum absolute atomic E-state index is 0.559. The summed E-state index contributed by atoms with van der Waals surface area (Å²) in [5.41, 5.74) is 3.04. The Bertz CT molecular complexity index is 428. The summed E-state index contributed by atoms with van der Waals surface area (Å²) in [6.07, 6.45) is 12.4. The molecule has 3 nitrogen and oxygen atoms in total. The molecule has 0 saturated carbocycles. The zero-order chi connectivity index (χ0) is 13.5. The molecule has 0 fully saturated rings. The molecule has 0 aliphatic heterocycles. The van der Waals surface area contributed by atoms with Gasteiger partial charge < -0.3 is 9.88 Å². The summed E-state index contributed by atoms with van der Waals surface area (Å²) < 4.78 is 2.33. The Morgan fingerprint density at radius 3 is 3.11 bits per heavy atom. The Morgan fingerprint density at radius 1 is 1.42 bits per heavy atom. The van der Waals surface area contributed by atoms with Crippen molar-refractivity contribution < 1.29 is 0 Å². The van der Waals surface area contributed by atoms with Crippen LogP contribution < -0.4 is 5.32 Å². The highest BCUT2D eigenvalue weighted by Crippen LogP contribution is 2.30. The molecule has 0 saturated heterocycles. The molecule has 19 heavy (non-hydrogen) atoms. The summed E-state index contributed by atoms with van der Waals surface area (Å²) >= 11 is 0. The Kier molecular flexibility index (Phi) is 5.47. The Hall–Kier alpha value is -1.27. The second kappa shape index (κ2) is 7.35. The van der Waals surface area contributed by atoms with Gasteiger partial charge in [0.2, 0.25) is 0 Å². The van der Waals surface area contributed by atoms with E-state index in [0.717, 1.165) is 25.9 Å². The molecule has 1 unspecified atom stereocenters. The smallest absolute Gasteiger partial charge is 0.0621 e. The fourth-order valence-electron chi connectivity index (χ4n) is 2.91. The van der Waals surface area contributed by atoms with Crippen molar-refractivity contribution >= 4 is 0 Å². The molecule has 1 heterocycles. The number of hydrogen-bond acceptors (Lipinski definition) is 2. The van der Waals surface area contributed by atoms with Crippen molar-refractivity contribution in [1.82, 2.24) is 9.88 Å². The van der Waals surface area contributed by atoms with Crippen LogP contribution >= 0.6 is 0 Å². The first-order valence-corrected chi connectivity index (χ1v) is 7.64. The molecule has 0 radical (unpaired) electrons. The van der Waals surface area contributed by atoms with E-state index in [1.54, 1.807) is 0 Å². The molecule has 0 bridgehead atoms. The third kappa shape index (κ3) is 3.84. The van der Waals surface area contributed by atoms with Gasteiger partial charge in [-0.3, -0.25) is 0 Å². The lowest BCUT2D eigenvalue weighted by molar-refractivity contribution is 0.462. The van der Waals surface area contributed by atoms with Crippen LogP contribution in [0.15, 0.2) is 12.4 Å². The highest BCUT2D eigenvalue weighted by molar-refractivity contribution is 5.30. The first-order chi connectivity index (χ1) is 9.35. The number of fused-ring (bicyclic) bond motifs is 1. The van der Waals surface area contributed by atoms with Crippen molar-refractivity contribution in [2.75, 3.05) is 6.54 Å². The van der Waals surface area contributed by atoms with Crippen LogP contribution in [0.1, 0.15) is 62.6 Å². The van der Waals surface area contributed by atoms with Crippen LogP contribution in [-0.2, 0) is 13.0 Å². The van der Waals surface area contributed by atoms with Crippen LogP contribution in [0.2, 0.25) is 0 Å². The molecule has 1 aliphatic rings. The number of nitriles is 1. The summed E-state index contributed by atoms with van der Waals surface area (Å²) in [5, 5.41) is 12.2. The van der Waals surface area contributed by atoms with Gasteiger partial charge >= 0.3 is 0 Å². The minimum Gasteiger partial charge on any atom is -0.354 e. The van der Waals surface area contributed by atoms with E-state index in [-0.39, 0.29) is 0 Å². The average Bonchev–Trinajstić information content (AvgIpc) is 2.84. The van der Waals surface area contributed by atoms with Crippen LogP contribution in [-0.4, -0.2) is 11.1 Å². The maximum absolute atomic E-state index is 8.55. The van der Waals surface area contributed by atoms with Gasteiger partial charge in [-0.05, 0) is 56.2 Å². The molecule has 1 N–H and O–H groups in total. The number of aromatic nitrogens is 1. The summed E-state index contributed by atoms with van der Waals surface area (Å²) in [4.78, 5) is 0. The van der Waals surface area contributed by atoms with Gasteiger partial charge in [-0.1, -0.05) is 6.92 Å². The quantitative estimate of drug-likeness (QED) is 0.761. The van der Waals surface area contributed by atoms with Gasteiger partial charge in [0.15, 0.2) is 0 Å². The van der Waals surface area contributed by atoms with Crippen LogP contribution in [0.5, 0.6) is 0 Å². The van der Waals surface area contributed by atoms with Crippen LogP contribution in [0.3, 0.4) is 0 Å². The number of nitrogens with one attached hydrogen (secondary N) is 1. The summed E-state index contributed by atoms with van der Waals surface area (Å²) in [7, 11) is 0. The van der Waals surface area contributed by atoms with Gasteiger partial charge in [-0.25, -0.2) is 0 Å². The SMILES string of the molecule is CCCNC1CCCc2cn(CCCCC#N)cc21. The van der Waals surface area contributed by atoms with Crippen molar-refractivity contribution in [2.24, 2.45) is 0 Å². The van der Waals surface area contributed by atoms with E-state index in [1.165, 1.54) is 36.8 Å². The first kappa shape index (κ1) is 14.1. The highest BCUT2D eigenvalue weighted by atomic mass is 15.0. The lowest BCUT2D eigenvalue weighted by Gasteiger charge is -2.23. The maximum Gasteiger partial charge on any atom is 0.0621 e. The minimum atomic E-state index is 0.559. The van der Waals surface area contributed by atoms with E-state index >= 15 is 0 Å². The van der Waals surface area contributed by atoms with Crippen molar-refractivity contribution in [2.45, 2.75) is 64.5 Å². The van der Waals surface area contributed by atoms with Crippen molar-refractivity contribution in [3.8, 4) is 6.07 Å². The van der Waals surface area contributed by atoms with E-state index in [2.05, 4.69) is 35.3 Å². The van der Waals surface area contributed by atoms with Crippen molar-refractivity contribution in [3.05, 3.63) is 23.5 Å². The monoisotopic (exact) mass is 259 g/mol. The molecule has 0 aromatic carbocycles. The molecule has 104 valence electrons. The van der Waals surface area contributed by atoms with Crippen molar-refractivity contribution in [1.29, 1.82) is 5.26 Å². The number of hydrogen-bond donors (Lipinski definition) is 1. The summed E-state index contributed by atoms with van der Waals surface area (Å²) in [6, 6.07) is 2.77. The van der Waals surface area contributed by atoms with Gasteiger partial charge in [0.05, 0.1) is 6.07 Å². The first-order valence-electron chi connectivity index (χ1n) is 7.64. The normalized spacial score (nSPS) is 18.0. The number of nitrogens with zero attached hydrogens (tertiary/aromatic N) is 2. The van der Waals surface area contributed by atoms with Gasteiger partial charge in [-0.2, -0.15) is 5.26 Å². The molecule has 1 atom stereocenters. The van der Waals surface area contributed by atoms with Crippen LogP contribution in [0.4, 0.5) is 0 Å². The lowest BCUT2D eigenvalue weighted by Crippen LogP contribution is -2.24. The predicted octanol–water partition coefficient (Wildman–Crippen LogP) is 3.56. The zero-order valence-corrected chi connectivity index (χ0v) is 12.0. The van der Waals surface area contributed by atoms with E-state index in [4.69, 9.17) is 5.26 Å². The lowest BCUT2D eigenvalue weighted by atomic mass is 9.91. The summed E-state index contributed by atoms with van der Waals surface area (Å²) in [6.45, 7) is 4.38. The second-order valence-electron chi connectivity index (χ2n) is 5.49. The van der Waals surface area contributed by atoms with Crippen LogP contribution in [0, 0.1) is 11.3 Å². The Labute approximate surface area is 116 Å². The largest absolute Gasteiger partial charge is 0.354 e. The van der Waals surface area contributed by atoms with Gasteiger partial charge in [0, 0.05) is 31.4 Å². The third-order valence-electron chi connectivity index (χ3n) is 3.91. The molecular weight excluding hydrogens is 234 g/mol. The third-order valence-corrected chi connectivity index (χ3v) is 3.91. The van der Waals surface area contributed by atoms with E-state index < -0.39 is 0 Å². The predicted molar refractivity (Wildman–Crippen MR) is 77.9 cm³/mol. The topological polar surface area (TPSA) is 40.8 Å². The average molecular weight is 259 g/mol. The second-order valence-corrected chi connectivity index (χ2v) is 5.49. The maximum atomic E-state index is 8.55. The number of rotatable bonds is 7. The van der Waals surface area contributed by atoms with E-state index in [1.807, 2.05) is 0 Å². The van der Waals surface area contributed by atoms with Gasteiger partial charge in [-0.15, -0.1) is 0 Å². The molecule has 0 spiro atoms. The van der Waals surface area contributed by atoms with E-state index in [0.29, 0.717) is 12.5 Å². The fraction of sp³-hybridized carbons (Fsp3) is 0.688. The number of aryl methyl sites for hydroxylation is 2. The Balaban J connectivity index is 1.94. The van der Waals surface area contributed by atoms with E-state index in [9.17, 15) is 0 Å². The van der Waals surface area contributed by atoms with Gasteiger partial charge in [0.25, 0.3) is 0 Å². The van der Waals surface area contributed by atoms with Gasteiger partial charge in [0.1, 0.15) is 0 Å². The molecule has 0 amide bonds. The standard InChI is InChI=1S/C16H25N3/c1-2-10-18-16-8-6-7-14-12-19(13-15(14)16)11-5-3-4-9-17/h12-13,16,18H,2-8,10-11H2,1H3. The van der Waals surface area contributed by atoms with Crippen molar-refractivity contribution in [3.63, 3.8) is 0 Å².